The standard InChI is InChI=1S/C26H8NO/c1-4-5-6-7-8-9-10-11-12-13-14-15-16-17-18-19-20-21-22-23-24-25-26-27(2,3)28/h1,28H,2-3H3/q+1. The summed E-state index contributed by atoms with van der Waals surface area (Å²) in [6, 6.07) is 2.47. The highest BCUT2D eigenvalue weighted by molar-refractivity contribution is 5.47. The molecule has 1 N–H and O–H groups in total. The summed E-state index contributed by atoms with van der Waals surface area (Å²) in [7, 11) is 3.00. The lowest BCUT2D eigenvalue weighted by atomic mass is 10.4. The van der Waals surface area contributed by atoms with Crippen LogP contribution in [0.3, 0.4) is 0 Å². The molecule has 0 aliphatic heterocycles. The molecule has 122 valence electrons. The van der Waals surface area contributed by atoms with Gasteiger partial charge in [0.15, 0.2) is 6.04 Å². The summed E-state index contributed by atoms with van der Waals surface area (Å²) in [4.78, 5) is 0. The maximum Gasteiger partial charge on any atom is 0.187 e. The number of hydroxylamine groups is 3. The zero-order valence-corrected chi connectivity index (χ0v) is 15.0. The van der Waals surface area contributed by atoms with Crippen molar-refractivity contribution >= 4 is 0 Å². The molecule has 0 unspecified atom stereocenters. The second-order valence-corrected chi connectivity index (χ2v) is 4.28. The van der Waals surface area contributed by atoms with Crippen molar-refractivity contribution in [3.8, 4) is 143 Å². The van der Waals surface area contributed by atoms with Crippen LogP contribution >= 0.6 is 0 Å². The Labute approximate surface area is 167 Å². The Kier molecular flexibility index (Phi) is 13.3. The van der Waals surface area contributed by atoms with E-state index in [-0.39, 0.29) is 0 Å². The van der Waals surface area contributed by atoms with E-state index in [1.165, 1.54) is 14.1 Å². The minimum atomic E-state index is -0.483. The van der Waals surface area contributed by atoms with Gasteiger partial charge in [0.25, 0.3) is 0 Å². The van der Waals surface area contributed by atoms with E-state index in [1.54, 1.807) is 0 Å². The molecular formula is C26H8NO+. The van der Waals surface area contributed by atoms with Gasteiger partial charge in [-0.15, -0.1) is 11.1 Å². The minimum Gasteiger partial charge on any atom is -0.203 e. The van der Waals surface area contributed by atoms with Crippen molar-refractivity contribution < 1.29 is 9.85 Å². The molecule has 0 aromatic rings. The van der Waals surface area contributed by atoms with E-state index in [9.17, 15) is 5.21 Å². The average molecular weight is 350 g/mol. The SMILES string of the molecule is C#CC#CC#CC#CC#CC#CC#CC#CC#CC#CC#CC#C[N+](C)(C)O. The zero-order chi connectivity index (χ0) is 20.8. The first-order valence-electron chi connectivity index (χ1n) is 7.11. The highest BCUT2D eigenvalue weighted by Gasteiger charge is 2.02. The van der Waals surface area contributed by atoms with E-state index in [1.807, 2.05) is 0 Å². The van der Waals surface area contributed by atoms with Crippen LogP contribution in [0.15, 0.2) is 0 Å². The lowest BCUT2D eigenvalue weighted by molar-refractivity contribution is -1.02. The van der Waals surface area contributed by atoms with E-state index in [0.717, 1.165) is 0 Å². The van der Waals surface area contributed by atoms with Gasteiger partial charge in [-0.1, -0.05) is 0 Å². The van der Waals surface area contributed by atoms with E-state index in [0.29, 0.717) is 0 Å². The summed E-state index contributed by atoms with van der Waals surface area (Å²) in [6.45, 7) is 0. The predicted molar refractivity (Wildman–Crippen MR) is 108 cm³/mol. The number of hydrogen-bond acceptors (Lipinski definition) is 1. The van der Waals surface area contributed by atoms with Crippen LogP contribution in [0.5, 0.6) is 0 Å². The molecule has 0 aromatic heterocycles. The van der Waals surface area contributed by atoms with Crippen LogP contribution in [0.25, 0.3) is 0 Å². The van der Waals surface area contributed by atoms with Crippen LogP contribution in [0.1, 0.15) is 0 Å². The number of nitrogens with zero attached hydrogens (tertiary/aromatic N) is 1. The van der Waals surface area contributed by atoms with E-state index in [2.05, 4.69) is 136 Å². The molecule has 0 radical (unpaired) electrons. The van der Waals surface area contributed by atoms with Crippen molar-refractivity contribution in [2.75, 3.05) is 14.1 Å². The molecule has 0 amide bonds. The first-order valence-corrected chi connectivity index (χ1v) is 7.11. The van der Waals surface area contributed by atoms with Gasteiger partial charge in [0.05, 0.1) is 5.92 Å². The third kappa shape index (κ3) is 20.6. The Morgan fingerprint density at radius 2 is 0.643 bits per heavy atom. The third-order valence-electron chi connectivity index (χ3n) is 1.65. The minimum absolute atomic E-state index is 0.483. The van der Waals surface area contributed by atoms with Gasteiger partial charge in [0.2, 0.25) is 0 Å². The smallest absolute Gasteiger partial charge is 0.187 e. The normalized spacial score (nSPS) is 5.36. The van der Waals surface area contributed by atoms with Crippen molar-refractivity contribution in [2.45, 2.75) is 0 Å². The maximum absolute atomic E-state index is 9.26. The molecule has 0 spiro atoms. The Hall–Kier alpha value is -5.36. The highest BCUT2D eigenvalue weighted by Crippen LogP contribution is 1.81. The number of rotatable bonds is 0. The molecule has 0 bridgehead atoms. The van der Waals surface area contributed by atoms with Crippen LogP contribution in [0.4, 0.5) is 0 Å². The van der Waals surface area contributed by atoms with Crippen LogP contribution in [0, 0.1) is 143 Å². The molecule has 28 heavy (non-hydrogen) atoms. The fourth-order valence-corrected chi connectivity index (χ4v) is 0.795. The zero-order valence-electron chi connectivity index (χ0n) is 15.0. The number of terminal acetylenes is 1. The van der Waals surface area contributed by atoms with Gasteiger partial charge in [-0.05, 0) is 47.4 Å². The lowest BCUT2D eigenvalue weighted by Crippen LogP contribution is -2.28. The van der Waals surface area contributed by atoms with Gasteiger partial charge >= 0.3 is 0 Å². The Bertz CT molecular complexity index is 1340. The van der Waals surface area contributed by atoms with Gasteiger partial charge in [-0.2, -0.15) is 0 Å². The number of quaternary nitrogens is 1. The second kappa shape index (κ2) is 16.5. The summed E-state index contributed by atoms with van der Waals surface area (Å²) < 4.78 is -0.483. The predicted octanol–water partition coefficient (Wildman–Crippen LogP) is 0.0801. The van der Waals surface area contributed by atoms with E-state index >= 15 is 0 Å². The van der Waals surface area contributed by atoms with Crippen LogP contribution < -0.4 is 0 Å². The summed E-state index contributed by atoms with van der Waals surface area (Å²) >= 11 is 0. The highest BCUT2D eigenvalue weighted by atomic mass is 16.5. The van der Waals surface area contributed by atoms with Gasteiger partial charge in [0.1, 0.15) is 14.1 Å². The molecule has 2 heteroatoms. The monoisotopic (exact) mass is 350 g/mol. The molecular weight excluding hydrogens is 342 g/mol. The maximum atomic E-state index is 9.26. The first-order chi connectivity index (χ1) is 13.6. The van der Waals surface area contributed by atoms with E-state index < -0.39 is 4.65 Å². The Morgan fingerprint density at radius 1 is 0.429 bits per heavy atom. The Balaban J connectivity index is 4.47. The van der Waals surface area contributed by atoms with Gasteiger partial charge in [0, 0.05) is 77.0 Å². The largest absolute Gasteiger partial charge is 0.203 e. The fourth-order valence-electron chi connectivity index (χ4n) is 0.795. The molecule has 2 nitrogen and oxygen atoms in total. The molecule has 0 aliphatic carbocycles. The first kappa shape index (κ1) is 22.6. The quantitative estimate of drug-likeness (QED) is 0.373. The van der Waals surface area contributed by atoms with E-state index in [4.69, 9.17) is 6.42 Å². The van der Waals surface area contributed by atoms with Gasteiger partial charge < -0.3 is 0 Å². The topological polar surface area (TPSA) is 20.2 Å². The molecule has 0 atom stereocenters. The Morgan fingerprint density at radius 3 is 0.857 bits per heavy atom. The van der Waals surface area contributed by atoms with Crippen molar-refractivity contribution in [2.24, 2.45) is 0 Å². The van der Waals surface area contributed by atoms with Crippen LogP contribution in [-0.4, -0.2) is 23.9 Å². The van der Waals surface area contributed by atoms with Crippen molar-refractivity contribution in [1.82, 2.24) is 0 Å². The third-order valence-corrected chi connectivity index (χ3v) is 1.65. The fraction of sp³-hybridized carbons (Fsp3) is 0.0769. The molecule has 0 fully saturated rings. The molecule has 0 aromatic carbocycles. The van der Waals surface area contributed by atoms with Gasteiger partial charge in [-0.3, -0.25) is 0 Å². The summed E-state index contributed by atoms with van der Waals surface area (Å²) in [5, 5.41) is 9.26. The van der Waals surface area contributed by atoms with Crippen molar-refractivity contribution in [3.05, 3.63) is 0 Å². The summed E-state index contributed by atoms with van der Waals surface area (Å²) in [5.41, 5.74) is 0. The summed E-state index contributed by atoms with van der Waals surface area (Å²) in [5.74, 6) is 53.8. The lowest BCUT2D eigenvalue weighted by Gasteiger charge is -2.06. The molecule has 0 aliphatic rings. The molecule has 0 saturated heterocycles. The van der Waals surface area contributed by atoms with Crippen molar-refractivity contribution in [1.29, 1.82) is 0 Å². The van der Waals surface area contributed by atoms with Gasteiger partial charge in [-0.25, -0.2) is 5.21 Å². The van der Waals surface area contributed by atoms with Crippen LogP contribution in [0.2, 0.25) is 0 Å². The molecule has 0 heterocycles. The number of hydrogen-bond donors (Lipinski definition) is 1. The van der Waals surface area contributed by atoms with Crippen molar-refractivity contribution in [3.63, 3.8) is 0 Å². The molecule has 0 saturated carbocycles. The average Bonchev–Trinajstić information content (AvgIpc) is 2.65. The van der Waals surface area contributed by atoms with Crippen LogP contribution in [-0.2, 0) is 0 Å². The molecule has 0 rings (SSSR count). The second-order valence-electron chi connectivity index (χ2n) is 4.28. The summed E-state index contributed by atoms with van der Waals surface area (Å²) in [6.07, 6.45) is 4.91.